The maximum atomic E-state index is 12.4. The van der Waals surface area contributed by atoms with Gasteiger partial charge in [-0.3, -0.25) is 19.6 Å². The van der Waals surface area contributed by atoms with Gasteiger partial charge in [0.05, 0.1) is 22.4 Å². The second-order valence-corrected chi connectivity index (χ2v) is 7.05. The number of ether oxygens (including phenoxy) is 1. The molecule has 3 aromatic rings. The maximum absolute atomic E-state index is 12.4. The first kappa shape index (κ1) is 20.3. The van der Waals surface area contributed by atoms with Crippen molar-refractivity contribution in [3.63, 3.8) is 0 Å². The van der Waals surface area contributed by atoms with Crippen LogP contribution < -0.4 is 10.1 Å². The van der Waals surface area contributed by atoms with E-state index in [1.165, 1.54) is 18.2 Å². The number of amides is 1. The number of halogens is 1. The molecule has 0 fully saturated rings. The Morgan fingerprint density at radius 1 is 1.21 bits per heavy atom. The molecule has 0 unspecified atom stereocenters. The van der Waals surface area contributed by atoms with Crippen molar-refractivity contribution in [2.75, 3.05) is 5.32 Å². The number of carbonyl (C=O) groups is 1. The van der Waals surface area contributed by atoms with Crippen LogP contribution in [-0.2, 0) is 11.3 Å². The van der Waals surface area contributed by atoms with Gasteiger partial charge in [0.25, 0.3) is 5.69 Å². The monoisotopic (exact) mass is 414 g/mol. The first-order chi connectivity index (χ1) is 13.7. The van der Waals surface area contributed by atoms with Gasteiger partial charge in [0.2, 0.25) is 5.91 Å². The number of hydrogen-bond acceptors (Lipinski definition) is 5. The summed E-state index contributed by atoms with van der Waals surface area (Å²) in [5.74, 6) is 0.381. The Hall–Kier alpha value is -3.39. The molecule has 9 heteroatoms. The number of nitro groups is 1. The Balaban J connectivity index is 1.83. The number of hydrogen-bond donors (Lipinski definition) is 1. The zero-order valence-electron chi connectivity index (χ0n) is 16.1. The molecule has 0 radical (unpaired) electrons. The minimum atomic E-state index is -0.543. The summed E-state index contributed by atoms with van der Waals surface area (Å²) in [6, 6.07) is 11.0. The van der Waals surface area contributed by atoms with Gasteiger partial charge in [-0.2, -0.15) is 5.10 Å². The van der Waals surface area contributed by atoms with Crippen molar-refractivity contribution < 1.29 is 14.5 Å². The Labute approximate surface area is 172 Å². The van der Waals surface area contributed by atoms with E-state index in [9.17, 15) is 14.9 Å². The summed E-state index contributed by atoms with van der Waals surface area (Å²) in [6.45, 7) is 5.50. The van der Waals surface area contributed by atoms with Gasteiger partial charge in [-0.05, 0) is 50.6 Å². The predicted octanol–water partition coefficient (Wildman–Crippen LogP) is 4.80. The van der Waals surface area contributed by atoms with E-state index in [0.717, 1.165) is 17.0 Å². The van der Waals surface area contributed by atoms with Crippen molar-refractivity contribution in [2.24, 2.45) is 0 Å². The number of benzene rings is 2. The fourth-order valence-corrected chi connectivity index (χ4v) is 3.07. The normalized spacial score (nSPS) is 10.6. The van der Waals surface area contributed by atoms with E-state index >= 15 is 0 Å². The summed E-state index contributed by atoms with van der Waals surface area (Å²) >= 11 is 5.95. The van der Waals surface area contributed by atoms with Gasteiger partial charge in [-0.15, -0.1) is 0 Å². The van der Waals surface area contributed by atoms with Crippen molar-refractivity contribution in [1.82, 2.24) is 9.78 Å². The fourth-order valence-electron chi connectivity index (χ4n) is 2.85. The van der Waals surface area contributed by atoms with Crippen LogP contribution in [0, 0.1) is 30.9 Å². The van der Waals surface area contributed by atoms with E-state index in [2.05, 4.69) is 10.4 Å². The molecular formula is C20H19ClN4O4. The summed E-state index contributed by atoms with van der Waals surface area (Å²) in [5, 5.41) is 18.8. The second-order valence-electron chi connectivity index (χ2n) is 6.62. The zero-order valence-corrected chi connectivity index (χ0v) is 16.9. The molecule has 0 bridgehead atoms. The zero-order chi connectivity index (χ0) is 21.1. The number of carbonyl (C=O) groups excluding carboxylic acids is 1. The molecule has 0 aliphatic rings. The van der Waals surface area contributed by atoms with Crippen LogP contribution in [0.1, 0.15) is 17.0 Å². The number of non-ortho nitro benzene ring substituents is 1. The molecule has 0 spiro atoms. The Morgan fingerprint density at radius 2 is 1.97 bits per heavy atom. The molecule has 3 rings (SSSR count). The van der Waals surface area contributed by atoms with Crippen LogP contribution in [0.5, 0.6) is 11.5 Å². The highest BCUT2D eigenvalue weighted by Gasteiger charge is 2.15. The van der Waals surface area contributed by atoms with E-state index in [1.807, 2.05) is 26.8 Å². The minimum absolute atomic E-state index is 0.00511. The number of nitrogens with one attached hydrogen (secondary N) is 1. The number of aryl methyl sites for hydroxylation is 3. The van der Waals surface area contributed by atoms with Crippen molar-refractivity contribution in [3.8, 4) is 11.5 Å². The lowest BCUT2D eigenvalue weighted by Crippen LogP contribution is -2.20. The number of aromatic nitrogens is 2. The Kier molecular flexibility index (Phi) is 5.84. The number of nitro benzene ring substituents is 1. The van der Waals surface area contributed by atoms with Crippen molar-refractivity contribution >= 4 is 28.9 Å². The SMILES string of the molecule is Cc1cc(C)n(CC(=O)Nc2cc(Oc3ccc(Cl)cc3C)cc([N+](=O)[O-])c2)n1. The quantitative estimate of drug-likeness (QED) is 0.461. The Bertz CT molecular complexity index is 1090. The van der Waals surface area contributed by atoms with Gasteiger partial charge in [-0.1, -0.05) is 11.6 Å². The molecule has 1 amide bonds. The highest BCUT2D eigenvalue weighted by atomic mass is 35.5. The van der Waals surface area contributed by atoms with Crippen LogP contribution >= 0.6 is 11.6 Å². The summed E-state index contributed by atoms with van der Waals surface area (Å²) in [4.78, 5) is 23.1. The molecule has 1 N–H and O–H groups in total. The molecular weight excluding hydrogens is 396 g/mol. The number of anilines is 1. The molecule has 0 aliphatic heterocycles. The van der Waals surface area contributed by atoms with Crippen LogP contribution in [0.25, 0.3) is 0 Å². The van der Waals surface area contributed by atoms with Crippen molar-refractivity contribution in [2.45, 2.75) is 27.3 Å². The molecule has 8 nitrogen and oxygen atoms in total. The molecule has 29 heavy (non-hydrogen) atoms. The van der Waals surface area contributed by atoms with Crippen LogP contribution in [0.4, 0.5) is 11.4 Å². The molecule has 0 atom stereocenters. The fraction of sp³-hybridized carbons (Fsp3) is 0.200. The van der Waals surface area contributed by atoms with Gasteiger partial charge < -0.3 is 10.1 Å². The molecule has 0 saturated heterocycles. The van der Waals surface area contributed by atoms with E-state index in [0.29, 0.717) is 10.8 Å². The van der Waals surface area contributed by atoms with Crippen LogP contribution in [0.2, 0.25) is 5.02 Å². The topological polar surface area (TPSA) is 99.3 Å². The summed E-state index contributed by atoms with van der Waals surface area (Å²) < 4.78 is 7.35. The molecule has 1 aromatic heterocycles. The van der Waals surface area contributed by atoms with Crippen molar-refractivity contribution in [1.29, 1.82) is 0 Å². The van der Waals surface area contributed by atoms with E-state index in [1.54, 1.807) is 22.9 Å². The van der Waals surface area contributed by atoms with Gasteiger partial charge in [0, 0.05) is 22.8 Å². The van der Waals surface area contributed by atoms with Crippen LogP contribution in [0.15, 0.2) is 42.5 Å². The molecule has 2 aromatic carbocycles. The van der Waals surface area contributed by atoms with E-state index in [4.69, 9.17) is 16.3 Å². The average molecular weight is 415 g/mol. The third kappa shape index (κ3) is 5.11. The first-order valence-electron chi connectivity index (χ1n) is 8.75. The van der Waals surface area contributed by atoms with Crippen LogP contribution in [0.3, 0.4) is 0 Å². The smallest absolute Gasteiger partial charge is 0.275 e. The average Bonchev–Trinajstić information content (AvgIpc) is 2.94. The third-order valence-corrected chi connectivity index (χ3v) is 4.38. The van der Waals surface area contributed by atoms with Gasteiger partial charge >= 0.3 is 0 Å². The van der Waals surface area contributed by atoms with Gasteiger partial charge in [0.15, 0.2) is 0 Å². The summed E-state index contributed by atoms with van der Waals surface area (Å²) in [5.41, 5.74) is 2.49. The van der Waals surface area contributed by atoms with Gasteiger partial charge in [0.1, 0.15) is 18.0 Å². The second kappa shape index (κ2) is 8.32. The first-order valence-corrected chi connectivity index (χ1v) is 9.13. The molecule has 150 valence electrons. The lowest BCUT2D eigenvalue weighted by Gasteiger charge is -2.11. The summed E-state index contributed by atoms with van der Waals surface area (Å²) in [6.07, 6.45) is 0. The predicted molar refractivity (Wildman–Crippen MR) is 110 cm³/mol. The number of nitrogens with zero attached hydrogens (tertiary/aromatic N) is 3. The standard InChI is InChI=1S/C20H19ClN4O4/c1-12-6-15(21)4-5-19(12)29-18-9-16(8-17(10-18)25(27)28)22-20(26)11-24-14(3)7-13(2)23-24/h4-10H,11H2,1-3H3,(H,22,26). The minimum Gasteiger partial charge on any atom is -0.457 e. The largest absolute Gasteiger partial charge is 0.457 e. The lowest BCUT2D eigenvalue weighted by atomic mass is 10.2. The lowest BCUT2D eigenvalue weighted by molar-refractivity contribution is -0.384. The third-order valence-electron chi connectivity index (χ3n) is 4.15. The van der Waals surface area contributed by atoms with Crippen LogP contribution in [-0.4, -0.2) is 20.6 Å². The van der Waals surface area contributed by atoms with E-state index in [-0.39, 0.29) is 29.6 Å². The Morgan fingerprint density at radius 3 is 2.59 bits per heavy atom. The molecule has 1 heterocycles. The highest BCUT2D eigenvalue weighted by molar-refractivity contribution is 6.30. The highest BCUT2D eigenvalue weighted by Crippen LogP contribution is 2.32. The molecule has 0 saturated carbocycles. The van der Waals surface area contributed by atoms with Crippen molar-refractivity contribution in [3.05, 3.63) is 74.6 Å². The van der Waals surface area contributed by atoms with Gasteiger partial charge in [-0.25, -0.2) is 0 Å². The molecule has 0 aliphatic carbocycles. The van der Waals surface area contributed by atoms with E-state index < -0.39 is 4.92 Å². The number of rotatable bonds is 6. The summed E-state index contributed by atoms with van der Waals surface area (Å²) in [7, 11) is 0. The maximum Gasteiger partial charge on any atom is 0.275 e.